The van der Waals surface area contributed by atoms with E-state index in [0.29, 0.717) is 6.42 Å². The molecule has 2 heteroatoms. The zero-order chi connectivity index (χ0) is 12.8. The molecule has 0 heterocycles. The van der Waals surface area contributed by atoms with Crippen molar-refractivity contribution >= 4 is 5.97 Å². The largest absolute Gasteiger partial charge is 0.481 e. The number of aliphatic carboxylic acids is 1. The Morgan fingerprint density at radius 3 is 2.18 bits per heavy atom. The quantitative estimate of drug-likeness (QED) is 0.418. The maximum absolute atomic E-state index is 10.3. The number of unbranched alkanes of at least 4 members (excludes halogenated alkanes) is 5. The molecular weight excluding hydrogens is 212 g/mol. The summed E-state index contributed by atoms with van der Waals surface area (Å²) in [5, 5.41) is 8.45. The molecule has 0 atom stereocenters. The Kier molecular flexibility index (Phi) is 12.2. The first-order valence-electron chi connectivity index (χ1n) is 6.79. The van der Waals surface area contributed by atoms with Crippen LogP contribution in [0.1, 0.15) is 64.7 Å². The van der Waals surface area contributed by atoms with Gasteiger partial charge >= 0.3 is 5.97 Å². The van der Waals surface area contributed by atoms with Gasteiger partial charge in [0.15, 0.2) is 0 Å². The Balaban J connectivity index is 3.19. The van der Waals surface area contributed by atoms with Gasteiger partial charge in [-0.25, -0.2) is 0 Å². The van der Waals surface area contributed by atoms with E-state index in [1.165, 1.54) is 19.3 Å². The minimum atomic E-state index is -0.683. The minimum Gasteiger partial charge on any atom is -0.481 e. The van der Waals surface area contributed by atoms with Crippen molar-refractivity contribution in [1.29, 1.82) is 0 Å². The lowest BCUT2D eigenvalue weighted by molar-refractivity contribution is -0.137. The van der Waals surface area contributed by atoms with E-state index in [0.717, 1.165) is 32.1 Å². The highest BCUT2D eigenvalue weighted by molar-refractivity contribution is 5.66. The molecule has 1 N–H and O–H groups in total. The Morgan fingerprint density at radius 1 is 0.941 bits per heavy atom. The fourth-order valence-electron chi connectivity index (χ4n) is 1.54. The van der Waals surface area contributed by atoms with Crippen molar-refractivity contribution in [3.05, 3.63) is 24.3 Å². The van der Waals surface area contributed by atoms with E-state index < -0.39 is 5.97 Å². The van der Waals surface area contributed by atoms with Crippen molar-refractivity contribution in [3.63, 3.8) is 0 Å². The molecule has 0 fully saturated rings. The van der Waals surface area contributed by atoms with Crippen LogP contribution in [0.4, 0.5) is 0 Å². The van der Waals surface area contributed by atoms with Crippen LogP contribution in [0, 0.1) is 0 Å². The summed E-state index contributed by atoms with van der Waals surface area (Å²) in [5.74, 6) is -0.683. The topological polar surface area (TPSA) is 37.3 Å². The molecule has 0 aromatic carbocycles. The summed E-state index contributed by atoms with van der Waals surface area (Å²) < 4.78 is 0. The number of rotatable bonds is 11. The summed E-state index contributed by atoms with van der Waals surface area (Å²) in [7, 11) is 0. The molecule has 0 aliphatic rings. The standard InChI is InChI=1S/C15H26O2/c1-2-3-4-5-6-7-8-9-10-11-12-13-14-15(16)17/h5-6,8-9H,2-4,7,10-14H2,1H3,(H,16,17)/b6-5+,9-8+. The lowest BCUT2D eigenvalue weighted by atomic mass is 10.1. The molecule has 0 aromatic rings. The highest BCUT2D eigenvalue weighted by atomic mass is 16.4. The number of carboxylic acid groups (broad SMARTS) is 1. The summed E-state index contributed by atoms with van der Waals surface area (Å²) in [6.07, 6.45) is 17.9. The number of carbonyl (C=O) groups is 1. The minimum absolute atomic E-state index is 0.309. The predicted octanol–water partition coefficient (Wildman–Crippen LogP) is 4.71. The van der Waals surface area contributed by atoms with Gasteiger partial charge in [-0.2, -0.15) is 0 Å². The van der Waals surface area contributed by atoms with Crippen molar-refractivity contribution in [2.75, 3.05) is 0 Å². The SMILES string of the molecule is CCCC/C=C/C/C=C/CCCCCC(=O)O. The fraction of sp³-hybridized carbons (Fsp3) is 0.667. The average molecular weight is 238 g/mol. The van der Waals surface area contributed by atoms with Crippen molar-refractivity contribution in [2.45, 2.75) is 64.7 Å². The molecule has 0 aliphatic carbocycles. The van der Waals surface area contributed by atoms with Crippen LogP contribution in [0.25, 0.3) is 0 Å². The molecule has 0 amide bonds. The molecule has 98 valence electrons. The van der Waals surface area contributed by atoms with Crippen LogP contribution in [0.5, 0.6) is 0 Å². The summed E-state index contributed by atoms with van der Waals surface area (Å²) in [6, 6.07) is 0. The van der Waals surface area contributed by atoms with E-state index >= 15 is 0 Å². The van der Waals surface area contributed by atoms with E-state index in [2.05, 4.69) is 31.2 Å². The number of hydrogen-bond acceptors (Lipinski definition) is 1. The smallest absolute Gasteiger partial charge is 0.303 e. The maximum atomic E-state index is 10.3. The average Bonchev–Trinajstić information content (AvgIpc) is 2.30. The highest BCUT2D eigenvalue weighted by Gasteiger charge is 1.94. The van der Waals surface area contributed by atoms with Crippen LogP contribution in [-0.4, -0.2) is 11.1 Å². The molecule has 0 bridgehead atoms. The fourth-order valence-corrected chi connectivity index (χ4v) is 1.54. The second-order valence-corrected chi connectivity index (χ2v) is 4.31. The van der Waals surface area contributed by atoms with Crippen LogP contribution < -0.4 is 0 Å². The Labute approximate surface area is 105 Å². The summed E-state index contributed by atoms with van der Waals surface area (Å²) >= 11 is 0. The van der Waals surface area contributed by atoms with E-state index in [4.69, 9.17) is 5.11 Å². The number of hydrogen-bond donors (Lipinski definition) is 1. The van der Waals surface area contributed by atoms with Gasteiger partial charge in [0, 0.05) is 6.42 Å². The Hall–Kier alpha value is -1.05. The maximum Gasteiger partial charge on any atom is 0.303 e. The van der Waals surface area contributed by atoms with Crippen LogP contribution in [0.15, 0.2) is 24.3 Å². The van der Waals surface area contributed by atoms with E-state index in [-0.39, 0.29) is 0 Å². The van der Waals surface area contributed by atoms with Gasteiger partial charge in [0.1, 0.15) is 0 Å². The lowest BCUT2D eigenvalue weighted by Gasteiger charge is -1.94. The van der Waals surface area contributed by atoms with Crippen LogP contribution >= 0.6 is 0 Å². The van der Waals surface area contributed by atoms with Crippen molar-refractivity contribution in [2.24, 2.45) is 0 Å². The molecule has 0 radical (unpaired) electrons. The van der Waals surface area contributed by atoms with Crippen molar-refractivity contribution < 1.29 is 9.90 Å². The first-order chi connectivity index (χ1) is 8.27. The third-order valence-electron chi connectivity index (χ3n) is 2.59. The molecule has 0 saturated carbocycles. The van der Waals surface area contributed by atoms with Gasteiger partial charge in [-0.15, -0.1) is 0 Å². The van der Waals surface area contributed by atoms with Gasteiger partial charge in [-0.05, 0) is 32.1 Å². The lowest BCUT2D eigenvalue weighted by Crippen LogP contribution is -1.93. The zero-order valence-corrected chi connectivity index (χ0v) is 11.0. The molecule has 0 spiro atoms. The zero-order valence-electron chi connectivity index (χ0n) is 11.0. The molecule has 0 saturated heterocycles. The van der Waals surface area contributed by atoms with Crippen molar-refractivity contribution in [3.8, 4) is 0 Å². The van der Waals surface area contributed by atoms with Crippen molar-refractivity contribution in [1.82, 2.24) is 0 Å². The third kappa shape index (κ3) is 14.9. The number of carboxylic acids is 1. The monoisotopic (exact) mass is 238 g/mol. The molecule has 0 rings (SSSR count). The Morgan fingerprint density at radius 2 is 1.59 bits per heavy atom. The predicted molar refractivity (Wildman–Crippen MR) is 73.1 cm³/mol. The van der Waals surface area contributed by atoms with Gasteiger partial charge in [0.2, 0.25) is 0 Å². The molecular formula is C15H26O2. The molecule has 2 nitrogen and oxygen atoms in total. The van der Waals surface area contributed by atoms with Gasteiger partial charge in [0.05, 0.1) is 0 Å². The Bertz CT molecular complexity index is 229. The van der Waals surface area contributed by atoms with Gasteiger partial charge in [-0.1, -0.05) is 50.5 Å². The highest BCUT2D eigenvalue weighted by Crippen LogP contribution is 2.04. The van der Waals surface area contributed by atoms with Gasteiger partial charge in [0.25, 0.3) is 0 Å². The van der Waals surface area contributed by atoms with Crippen LogP contribution in [-0.2, 0) is 4.79 Å². The van der Waals surface area contributed by atoms with E-state index in [9.17, 15) is 4.79 Å². The van der Waals surface area contributed by atoms with Gasteiger partial charge in [-0.3, -0.25) is 4.79 Å². The van der Waals surface area contributed by atoms with E-state index in [1.807, 2.05) is 0 Å². The van der Waals surface area contributed by atoms with Crippen LogP contribution in [0.3, 0.4) is 0 Å². The second kappa shape index (κ2) is 13.0. The number of allylic oxidation sites excluding steroid dienone is 4. The van der Waals surface area contributed by atoms with Gasteiger partial charge < -0.3 is 5.11 Å². The molecule has 0 unspecified atom stereocenters. The summed E-state index contributed by atoms with van der Waals surface area (Å²) in [4.78, 5) is 10.3. The first-order valence-corrected chi connectivity index (χ1v) is 6.79. The van der Waals surface area contributed by atoms with Crippen LogP contribution in [0.2, 0.25) is 0 Å². The van der Waals surface area contributed by atoms with E-state index in [1.54, 1.807) is 0 Å². The molecule has 17 heavy (non-hydrogen) atoms. The second-order valence-electron chi connectivity index (χ2n) is 4.31. The first kappa shape index (κ1) is 16.0. The molecule has 0 aliphatic heterocycles. The normalized spacial score (nSPS) is 11.6. The molecule has 0 aromatic heterocycles. The third-order valence-corrected chi connectivity index (χ3v) is 2.59. The summed E-state index contributed by atoms with van der Waals surface area (Å²) in [6.45, 7) is 2.21. The summed E-state index contributed by atoms with van der Waals surface area (Å²) in [5.41, 5.74) is 0.